The van der Waals surface area contributed by atoms with Gasteiger partial charge in [-0.2, -0.15) is 0 Å². The minimum absolute atomic E-state index is 0.275. The van der Waals surface area contributed by atoms with Crippen molar-refractivity contribution in [3.05, 3.63) is 75.5 Å². The van der Waals surface area contributed by atoms with E-state index in [0.717, 1.165) is 16.9 Å². The third kappa shape index (κ3) is 7.35. The number of urea groups is 1. The van der Waals surface area contributed by atoms with Gasteiger partial charge in [0.15, 0.2) is 0 Å². The van der Waals surface area contributed by atoms with Crippen molar-refractivity contribution < 1.29 is 18.7 Å². The number of nitrogens with zero attached hydrogens (tertiary/aromatic N) is 1. The summed E-state index contributed by atoms with van der Waals surface area (Å²) in [6, 6.07) is 11.2. The number of carbonyl (C=O) groups is 2. The molecule has 32 heavy (non-hydrogen) atoms. The summed E-state index contributed by atoms with van der Waals surface area (Å²) >= 11 is 1.37. The molecule has 0 atom stereocenters. The minimum Gasteiger partial charge on any atom is -0.486 e. The highest BCUT2D eigenvalue weighted by Gasteiger charge is 2.11. The zero-order chi connectivity index (χ0) is 22.9. The van der Waals surface area contributed by atoms with Crippen molar-refractivity contribution in [1.29, 1.82) is 0 Å². The van der Waals surface area contributed by atoms with E-state index in [1.54, 1.807) is 11.4 Å². The fourth-order valence-corrected chi connectivity index (χ4v) is 3.65. The quantitative estimate of drug-likeness (QED) is 0.416. The molecule has 0 spiro atoms. The molecule has 2 aromatic carbocycles. The molecular weight excluding hydrogens is 431 g/mol. The summed E-state index contributed by atoms with van der Waals surface area (Å²) < 4.78 is 18.9. The summed E-state index contributed by atoms with van der Waals surface area (Å²) in [7, 11) is 0. The van der Waals surface area contributed by atoms with Gasteiger partial charge >= 0.3 is 6.03 Å². The number of halogens is 1. The second-order valence-corrected chi connectivity index (χ2v) is 8.18. The van der Waals surface area contributed by atoms with Gasteiger partial charge in [0.2, 0.25) is 0 Å². The van der Waals surface area contributed by atoms with Gasteiger partial charge in [0.05, 0.1) is 0 Å². The van der Waals surface area contributed by atoms with Gasteiger partial charge in [0, 0.05) is 24.2 Å². The number of carbonyl (C=O) groups excluding carboxylic acids is 2. The summed E-state index contributed by atoms with van der Waals surface area (Å²) in [5, 5.41) is 10.4. The molecule has 3 amide bonds. The van der Waals surface area contributed by atoms with E-state index in [4.69, 9.17) is 4.74 Å². The standard InChI is InChI=1S/C23H25FN4O3S/c1-15-9-16(2)11-19(10-15)31-13-21-28-20(14-32-21)22(29)25-7-4-8-26-23(30)27-18-6-3-5-17(24)12-18/h3,5-6,9-12,14H,4,7-8,13H2,1-2H3,(H,25,29)(H2,26,27,30). The van der Waals surface area contributed by atoms with Gasteiger partial charge in [-0.1, -0.05) is 12.1 Å². The molecule has 168 valence electrons. The average Bonchev–Trinajstić information content (AvgIpc) is 3.20. The SMILES string of the molecule is Cc1cc(C)cc(OCc2nc(C(=O)NCCCNC(=O)Nc3cccc(F)c3)cs2)c1. The van der Waals surface area contributed by atoms with Crippen LogP contribution in [-0.4, -0.2) is 30.0 Å². The second-order valence-electron chi connectivity index (χ2n) is 7.24. The number of hydrogen-bond donors (Lipinski definition) is 3. The lowest BCUT2D eigenvalue weighted by Gasteiger charge is -2.08. The van der Waals surface area contributed by atoms with Crippen LogP contribution < -0.4 is 20.7 Å². The molecule has 3 N–H and O–H groups in total. The average molecular weight is 457 g/mol. The number of rotatable bonds is 9. The minimum atomic E-state index is -0.435. The summed E-state index contributed by atoms with van der Waals surface area (Å²) in [6.07, 6.45) is 0.537. The number of nitrogens with one attached hydrogen (secondary N) is 3. The predicted molar refractivity (Wildman–Crippen MR) is 123 cm³/mol. The van der Waals surface area contributed by atoms with Crippen molar-refractivity contribution in [3.8, 4) is 5.75 Å². The largest absolute Gasteiger partial charge is 0.486 e. The van der Waals surface area contributed by atoms with E-state index in [-0.39, 0.29) is 5.91 Å². The molecule has 3 aromatic rings. The van der Waals surface area contributed by atoms with Crippen LogP contribution in [-0.2, 0) is 6.61 Å². The Bertz CT molecular complexity index is 1070. The fraction of sp³-hybridized carbons (Fsp3) is 0.261. The van der Waals surface area contributed by atoms with Gasteiger partial charge in [0.1, 0.15) is 28.9 Å². The van der Waals surface area contributed by atoms with Crippen LogP contribution in [0.25, 0.3) is 0 Å². The van der Waals surface area contributed by atoms with Crippen LogP contribution >= 0.6 is 11.3 Å². The molecule has 7 nitrogen and oxygen atoms in total. The molecule has 1 heterocycles. The first-order valence-electron chi connectivity index (χ1n) is 10.1. The lowest BCUT2D eigenvalue weighted by atomic mass is 10.1. The maximum absolute atomic E-state index is 13.1. The zero-order valence-electron chi connectivity index (χ0n) is 17.9. The zero-order valence-corrected chi connectivity index (χ0v) is 18.7. The number of hydrogen-bond acceptors (Lipinski definition) is 5. The number of aromatic nitrogens is 1. The van der Waals surface area contributed by atoms with E-state index in [9.17, 15) is 14.0 Å². The normalized spacial score (nSPS) is 10.5. The summed E-state index contributed by atoms with van der Waals surface area (Å²) in [6.45, 7) is 5.06. The number of aryl methyl sites for hydroxylation is 2. The van der Waals surface area contributed by atoms with Crippen molar-refractivity contribution in [2.24, 2.45) is 0 Å². The van der Waals surface area contributed by atoms with Gasteiger partial charge in [0.25, 0.3) is 5.91 Å². The highest BCUT2D eigenvalue weighted by molar-refractivity contribution is 7.09. The van der Waals surface area contributed by atoms with Crippen molar-refractivity contribution >= 4 is 29.0 Å². The molecule has 0 aliphatic carbocycles. The molecule has 0 unspecified atom stereocenters. The molecule has 0 aliphatic heterocycles. The Morgan fingerprint density at radius 2 is 1.81 bits per heavy atom. The van der Waals surface area contributed by atoms with Crippen LogP contribution in [0.5, 0.6) is 5.75 Å². The van der Waals surface area contributed by atoms with E-state index in [0.29, 0.717) is 42.5 Å². The lowest BCUT2D eigenvalue weighted by Crippen LogP contribution is -2.32. The smallest absolute Gasteiger partial charge is 0.319 e. The Kier molecular flexibility index (Phi) is 8.15. The van der Waals surface area contributed by atoms with Crippen molar-refractivity contribution in [2.45, 2.75) is 26.9 Å². The van der Waals surface area contributed by atoms with Crippen LogP contribution in [0.1, 0.15) is 33.0 Å². The lowest BCUT2D eigenvalue weighted by molar-refractivity contribution is 0.0948. The molecule has 3 rings (SSSR count). The van der Waals surface area contributed by atoms with Crippen LogP contribution in [0.2, 0.25) is 0 Å². The van der Waals surface area contributed by atoms with Gasteiger partial charge in [-0.15, -0.1) is 11.3 Å². The molecule has 0 saturated carbocycles. The fourth-order valence-electron chi connectivity index (χ4n) is 2.97. The predicted octanol–water partition coefficient (Wildman–Crippen LogP) is 4.42. The topological polar surface area (TPSA) is 92.3 Å². The number of benzene rings is 2. The maximum Gasteiger partial charge on any atom is 0.319 e. The van der Waals surface area contributed by atoms with E-state index in [2.05, 4.69) is 27.0 Å². The molecule has 0 bridgehead atoms. The van der Waals surface area contributed by atoms with Crippen LogP contribution in [0.4, 0.5) is 14.9 Å². The van der Waals surface area contributed by atoms with Crippen molar-refractivity contribution in [3.63, 3.8) is 0 Å². The first-order valence-corrected chi connectivity index (χ1v) is 11.0. The molecule has 0 saturated heterocycles. The molecule has 9 heteroatoms. The molecule has 0 aliphatic rings. The number of ether oxygens (including phenoxy) is 1. The van der Waals surface area contributed by atoms with E-state index < -0.39 is 11.8 Å². The molecule has 1 aromatic heterocycles. The second kappa shape index (κ2) is 11.2. The van der Waals surface area contributed by atoms with Gasteiger partial charge < -0.3 is 20.7 Å². The Labute approximate surface area is 190 Å². The van der Waals surface area contributed by atoms with Crippen LogP contribution in [0, 0.1) is 19.7 Å². The van der Waals surface area contributed by atoms with Crippen LogP contribution in [0.3, 0.4) is 0 Å². The third-order valence-electron chi connectivity index (χ3n) is 4.35. The Morgan fingerprint density at radius 3 is 2.56 bits per heavy atom. The number of amides is 3. The van der Waals surface area contributed by atoms with Crippen LogP contribution in [0.15, 0.2) is 47.8 Å². The van der Waals surface area contributed by atoms with Gasteiger partial charge in [-0.05, 0) is 61.7 Å². The van der Waals surface area contributed by atoms with Gasteiger partial charge in [-0.3, -0.25) is 4.79 Å². The van der Waals surface area contributed by atoms with Crippen molar-refractivity contribution in [1.82, 2.24) is 15.6 Å². The molecule has 0 radical (unpaired) electrons. The van der Waals surface area contributed by atoms with E-state index in [1.807, 2.05) is 26.0 Å². The summed E-state index contributed by atoms with van der Waals surface area (Å²) in [5.74, 6) is 0.0771. The van der Waals surface area contributed by atoms with Crippen molar-refractivity contribution in [2.75, 3.05) is 18.4 Å². The monoisotopic (exact) mass is 456 g/mol. The Morgan fingerprint density at radius 1 is 1.06 bits per heavy atom. The molecule has 0 fully saturated rings. The first-order chi connectivity index (χ1) is 15.4. The Balaban J connectivity index is 1.34. The number of anilines is 1. The summed E-state index contributed by atoms with van der Waals surface area (Å²) in [4.78, 5) is 28.4. The van der Waals surface area contributed by atoms with E-state index >= 15 is 0 Å². The highest BCUT2D eigenvalue weighted by Crippen LogP contribution is 2.19. The third-order valence-corrected chi connectivity index (χ3v) is 5.17. The first kappa shape index (κ1) is 23.2. The van der Waals surface area contributed by atoms with Gasteiger partial charge in [-0.25, -0.2) is 14.2 Å². The molecular formula is C23H25FN4O3S. The van der Waals surface area contributed by atoms with E-state index in [1.165, 1.54) is 29.5 Å². The Hall–Kier alpha value is -3.46. The number of thiazole rings is 1. The highest BCUT2D eigenvalue weighted by atomic mass is 32.1. The maximum atomic E-state index is 13.1. The summed E-state index contributed by atoms with van der Waals surface area (Å²) in [5.41, 5.74) is 2.96.